The maximum atomic E-state index is 4.41. The van der Waals surface area contributed by atoms with Gasteiger partial charge in [-0.2, -0.15) is 0 Å². The van der Waals surface area contributed by atoms with E-state index in [1.165, 1.54) is 11.3 Å². The lowest BCUT2D eigenvalue weighted by Crippen LogP contribution is -2.22. The third-order valence-corrected chi connectivity index (χ3v) is 2.72. The van der Waals surface area contributed by atoms with Crippen molar-refractivity contribution in [3.05, 3.63) is 36.0 Å². The fourth-order valence-electron chi connectivity index (χ4n) is 2.03. The van der Waals surface area contributed by atoms with Crippen molar-refractivity contribution in [1.82, 2.24) is 0 Å². The Kier molecular flexibility index (Phi) is 1.07. The summed E-state index contributed by atoms with van der Waals surface area (Å²) in [6, 6.07) is 6.18. The van der Waals surface area contributed by atoms with Crippen LogP contribution in [0.1, 0.15) is 12.5 Å². The molecule has 1 unspecified atom stereocenters. The summed E-state index contributed by atoms with van der Waals surface area (Å²) < 4.78 is 0. The Hall–Kier alpha value is -1.57. The van der Waals surface area contributed by atoms with Crippen molar-refractivity contribution < 1.29 is 0 Å². The van der Waals surface area contributed by atoms with Gasteiger partial charge in [-0.05, 0) is 25.3 Å². The molecule has 0 fully saturated rings. The summed E-state index contributed by atoms with van der Waals surface area (Å²) in [5.74, 6) is 0. The van der Waals surface area contributed by atoms with Crippen LogP contribution in [0, 0.1) is 0 Å². The summed E-state index contributed by atoms with van der Waals surface area (Å²) in [6.07, 6.45) is 6.15. The summed E-state index contributed by atoms with van der Waals surface area (Å²) in [5.41, 5.74) is 3.59. The molecule has 3 rings (SSSR count). The van der Waals surface area contributed by atoms with Crippen molar-refractivity contribution in [3.63, 3.8) is 0 Å². The van der Waals surface area contributed by atoms with Gasteiger partial charge >= 0.3 is 0 Å². The highest BCUT2D eigenvalue weighted by Crippen LogP contribution is 2.44. The maximum Gasteiger partial charge on any atom is 0.0691 e. The van der Waals surface area contributed by atoms with Crippen LogP contribution in [0.15, 0.2) is 35.5 Å². The van der Waals surface area contributed by atoms with Crippen LogP contribution >= 0.6 is 0 Å². The first-order valence-corrected chi connectivity index (χ1v) is 4.43. The zero-order valence-corrected chi connectivity index (χ0v) is 7.41. The topological polar surface area (TPSA) is 24.4 Å². The molecule has 2 heterocycles. The van der Waals surface area contributed by atoms with Gasteiger partial charge in [-0.25, -0.2) is 0 Å². The molecule has 1 atom stereocenters. The average molecular weight is 170 g/mol. The Labute approximate surface area is 77.0 Å². The van der Waals surface area contributed by atoms with E-state index in [-0.39, 0.29) is 5.41 Å². The molecule has 1 N–H and O–H groups in total. The molecular weight excluding hydrogens is 160 g/mol. The van der Waals surface area contributed by atoms with Crippen LogP contribution in [-0.4, -0.2) is 6.21 Å². The first-order chi connectivity index (χ1) is 6.30. The van der Waals surface area contributed by atoms with Crippen molar-refractivity contribution in [3.8, 4) is 0 Å². The molecule has 0 bridgehead atoms. The van der Waals surface area contributed by atoms with E-state index in [1.54, 1.807) is 0 Å². The maximum absolute atomic E-state index is 4.41. The van der Waals surface area contributed by atoms with Crippen molar-refractivity contribution in [1.29, 1.82) is 0 Å². The molecule has 0 aliphatic carbocycles. The third-order valence-electron chi connectivity index (χ3n) is 2.72. The Morgan fingerprint density at radius 2 is 2.31 bits per heavy atom. The van der Waals surface area contributed by atoms with Crippen LogP contribution in [0.4, 0.5) is 11.4 Å². The first-order valence-electron chi connectivity index (χ1n) is 4.43. The van der Waals surface area contributed by atoms with Gasteiger partial charge in [-0.1, -0.05) is 12.1 Å². The van der Waals surface area contributed by atoms with Gasteiger partial charge in [-0.15, -0.1) is 0 Å². The van der Waals surface area contributed by atoms with Gasteiger partial charge in [0.05, 0.1) is 11.1 Å². The van der Waals surface area contributed by atoms with Crippen molar-refractivity contribution in [2.45, 2.75) is 12.3 Å². The largest absolute Gasteiger partial charge is 0.362 e. The molecule has 0 spiro atoms. The standard InChI is InChI=1S/C11H10N2/c1-11-5-6-12-8-3-2-4-9(10(8)11)13-7-11/h2-7,12H,1H3. The van der Waals surface area contributed by atoms with E-state index in [2.05, 4.69) is 35.4 Å². The van der Waals surface area contributed by atoms with Crippen LogP contribution < -0.4 is 5.32 Å². The second-order valence-electron chi connectivity index (χ2n) is 3.72. The predicted molar refractivity (Wildman–Crippen MR) is 54.7 cm³/mol. The predicted octanol–water partition coefficient (Wildman–Crippen LogP) is 2.60. The molecule has 0 saturated heterocycles. The minimum atomic E-state index is 0.0111. The molecule has 2 nitrogen and oxygen atoms in total. The summed E-state index contributed by atoms with van der Waals surface area (Å²) in [7, 11) is 0. The Morgan fingerprint density at radius 1 is 1.38 bits per heavy atom. The van der Waals surface area contributed by atoms with Crippen LogP contribution in [0.5, 0.6) is 0 Å². The molecule has 0 aromatic heterocycles. The van der Waals surface area contributed by atoms with Gasteiger partial charge < -0.3 is 5.32 Å². The molecule has 64 valence electrons. The fraction of sp³-hybridized carbons (Fsp3) is 0.182. The van der Waals surface area contributed by atoms with Gasteiger partial charge in [0.25, 0.3) is 0 Å². The quantitative estimate of drug-likeness (QED) is 0.635. The smallest absolute Gasteiger partial charge is 0.0691 e. The van der Waals surface area contributed by atoms with E-state index in [0.717, 1.165) is 5.69 Å². The van der Waals surface area contributed by atoms with Crippen molar-refractivity contribution in [2.75, 3.05) is 5.32 Å². The SMILES string of the molecule is CC12C=CNc3cccc(c31)N=C2. The molecule has 1 aromatic carbocycles. The zero-order valence-electron chi connectivity index (χ0n) is 7.41. The number of hydrogen-bond acceptors (Lipinski definition) is 2. The van der Waals surface area contributed by atoms with E-state index in [4.69, 9.17) is 0 Å². The fourth-order valence-corrected chi connectivity index (χ4v) is 2.03. The second-order valence-corrected chi connectivity index (χ2v) is 3.72. The molecule has 0 saturated carbocycles. The van der Waals surface area contributed by atoms with Gasteiger partial charge in [-0.3, -0.25) is 4.99 Å². The summed E-state index contributed by atoms with van der Waals surface area (Å²) in [6.45, 7) is 2.18. The highest BCUT2D eigenvalue weighted by Gasteiger charge is 2.33. The Bertz CT molecular complexity index is 432. The number of allylic oxidation sites excluding steroid dienone is 1. The average Bonchev–Trinajstić information content (AvgIpc) is 2.47. The van der Waals surface area contributed by atoms with Crippen LogP contribution in [0.2, 0.25) is 0 Å². The van der Waals surface area contributed by atoms with Crippen molar-refractivity contribution in [2.24, 2.45) is 4.99 Å². The Balaban J connectivity index is 2.38. The van der Waals surface area contributed by atoms with E-state index in [0.29, 0.717) is 0 Å². The minimum absolute atomic E-state index is 0.0111. The molecule has 2 aliphatic rings. The first kappa shape index (κ1) is 6.89. The second kappa shape index (κ2) is 2.02. The monoisotopic (exact) mass is 170 g/mol. The highest BCUT2D eigenvalue weighted by atomic mass is 14.9. The summed E-state index contributed by atoms with van der Waals surface area (Å²) >= 11 is 0. The lowest BCUT2D eigenvalue weighted by Gasteiger charge is -2.25. The van der Waals surface area contributed by atoms with Gasteiger partial charge in [0.1, 0.15) is 0 Å². The highest BCUT2D eigenvalue weighted by molar-refractivity contribution is 5.92. The van der Waals surface area contributed by atoms with Crippen LogP contribution in [0.25, 0.3) is 0 Å². The van der Waals surface area contributed by atoms with Gasteiger partial charge in [0.15, 0.2) is 0 Å². The number of anilines is 1. The van der Waals surface area contributed by atoms with E-state index in [9.17, 15) is 0 Å². The molecule has 2 aliphatic heterocycles. The van der Waals surface area contributed by atoms with Crippen LogP contribution in [-0.2, 0) is 5.41 Å². The molecule has 2 heteroatoms. The summed E-state index contributed by atoms with van der Waals surface area (Å²) in [5, 5.41) is 3.24. The lowest BCUT2D eigenvalue weighted by atomic mass is 9.82. The minimum Gasteiger partial charge on any atom is -0.362 e. The number of rotatable bonds is 0. The van der Waals surface area contributed by atoms with E-state index < -0.39 is 0 Å². The Morgan fingerprint density at radius 3 is 3.23 bits per heavy atom. The number of hydrogen-bond donors (Lipinski definition) is 1. The summed E-state index contributed by atoms with van der Waals surface area (Å²) in [4.78, 5) is 4.41. The van der Waals surface area contributed by atoms with E-state index in [1.807, 2.05) is 18.5 Å². The third kappa shape index (κ3) is 0.750. The van der Waals surface area contributed by atoms with Gasteiger partial charge in [0, 0.05) is 17.5 Å². The molecule has 13 heavy (non-hydrogen) atoms. The lowest BCUT2D eigenvalue weighted by molar-refractivity contribution is 0.840. The molecule has 1 aromatic rings. The molecule has 0 amide bonds. The van der Waals surface area contributed by atoms with Crippen LogP contribution in [0.3, 0.4) is 0 Å². The van der Waals surface area contributed by atoms with Crippen molar-refractivity contribution >= 4 is 17.6 Å². The number of aliphatic imine (C=N–C) groups is 1. The van der Waals surface area contributed by atoms with E-state index >= 15 is 0 Å². The number of nitrogens with zero attached hydrogens (tertiary/aromatic N) is 1. The van der Waals surface area contributed by atoms with Gasteiger partial charge in [0.2, 0.25) is 0 Å². The number of nitrogens with one attached hydrogen (secondary N) is 1. The number of benzene rings is 1. The zero-order chi connectivity index (χ0) is 8.89. The molecule has 0 radical (unpaired) electrons. The normalized spacial score (nSPS) is 27.2. The molecular formula is C11H10N2.